The van der Waals surface area contributed by atoms with Crippen molar-refractivity contribution in [1.82, 2.24) is 0 Å². The Hall–Kier alpha value is 0.228. The average Bonchev–Trinajstić information content (AvgIpc) is 0.918. The minimum absolute atomic E-state index is 0. The van der Waals surface area contributed by atoms with E-state index in [1.807, 2.05) is 0 Å². The maximum absolute atomic E-state index is 8.69. The molecule has 0 fully saturated rings. The average molecular weight is 139 g/mol. The second kappa shape index (κ2) is 10.6. The van der Waals surface area contributed by atoms with E-state index in [1.54, 1.807) is 0 Å². The Bertz CT molecular complexity index is 13.5. The number of carbonyl (C=O) groups excluding carboxylic acids is 1. The van der Waals surface area contributed by atoms with Gasteiger partial charge in [0.2, 0.25) is 0 Å². The SMILES string of the molecule is [CH2-]C=O.[Mo]. The minimum atomic E-state index is 0. The predicted molar refractivity (Wildman–Crippen MR) is 11.4 cm³/mol. The molecule has 0 amide bonds. The largest absolute Gasteiger partial charge is 0.343 e. The summed E-state index contributed by atoms with van der Waals surface area (Å²) in [6.07, 6.45) is 0.500. The van der Waals surface area contributed by atoms with Gasteiger partial charge in [0.25, 0.3) is 0 Å². The van der Waals surface area contributed by atoms with Gasteiger partial charge in [-0.2, -0.15) is 0 Å². The van der Waals surface area contributed by atoms with Crippen LogP contribution in [0.1, 0.15) is 0 Å². The van der Waals surface area contributed by atoms with E-state index in [0.29, 0.717) is 6.29 Å². The fourth-order valence-corrected chi connectivity index (χ4v) is 0. The van der Waals surface area contributed by atoms with Crippen molar-refractivity contribution < 1.29 is 25.9 Å². The first-order valence-corrected chi connectivity index (χ1v) is 0.644. The van der Waals surface area contributed by atoms with Crippen molar-refractivity contribution in [3.63, 3.8) is 0 Å². The van der Waals surface area contributed by atoms with Crippen molar-refractivity contribution >= 4 is 6.29 Å². The van der Waals surface area contributed by atoms with Gasteiger partial charge in [-0.3, -0.25) is 0 Å². The minimum Gasteiger partial charge on any atom is -0.343 e. The van der Waals surface area contributed by atoms with E-state index in [-0.39, 0.29) is 21.1 Å². The van der Waals surface area contributed by atoms with E-state index < -0.39 is 0 Å². The van der Waals surface area contributed by atoms with E-state index >= 15 is 0 Å². The zero-order valence-corrected chi connectivity index (χ0v) is 4.11. The van der Waals surface area contributed by atoms with Crippen LogP contribution in [-0.2, 0) is 25.9 Å². The number of hydrogen-bond donors (Lipinski definition) is 0. The van der Waals surface area contributed by atoms with Crippen LogP contribution in [0.5, 0.6) is 0 Å². The molecule has 0 aromatic carbocycles. The van der Waals surface area contributed by atoms with Crippen molar-refractivity contribution in [3.8, 4) is 0 Å². The van der Waals surface area contributed by atoms with Gasteiger partial charge in [0.1, 0.15) is 0 Å². The van der Waals surface area contributed by atoms with Gasteiger partial charge in [-0.15, -0.1) is 0 Å². The summed E-state index contributed by atoms with van der Waals surface area (Å²) in [6, 6.07) is 0. The predicted octanol–water partition coefficient (Wildman–Crippen LogP) is 0.0169. The summed E-state index contributed by atoms with van der Waals surface area (Å²) in [4.78, 5) is 8.69. The molecule has 0 rings (SSSR count). The van der Waals surface area contributed by atoms with Crippen LogP contribution in [-0.4, -0.2) is 6.29 Å². The summed E-state index contributed by atoms with van der Waals surface area (Å²) in [5.74, 6) is 0. The monoisotopic (exact) mass is 141 g/mol. The van der Waals surface area contributed by atoms with Crippen LogP contribution in [0.15, 0.2) is 0 Å². The molecule has 1 nitrogen and oxygen atoms in total. The van der Waals surface area contributed by atoms with Gasteiger partial charge in [-0.25, -0.2) is 0 Å². The summed E-state index contributed by atoms with van der Waals surface area (Å²) in [6.45, 7) is 2.81. The van der Waals surface area contributed by atoms with Crippen molar-refractivity contribution in [2.45, 2.75) is 0 Å². The van der Waals surface area contributed by atoms with Crippen molar-refractivity contribution in [3.05, 3.63) is 6.92 Å². The summed E-state index contributed by atoms with van der Waals surface area (Å²) in [5, 5.41) is 0. The van der Waals surface area contributed by atoms with E-state index in [1.165, 1.54) is 0 Å². The second-order valence-corrected chi connectivity index (χ2v) is 0.167. The van der Waals surface area contributed by atoms with Crippen LogP contribution < -0.4 is 0 Å². The molecule has 0 radical (unpaired) electrons. The first kappa shape index (κ1) is 8.87. The van der Waals surface area contributed by atoms with Crippen LogP contribution in [0.25, 0.3) is 0 Å². The van der Waals surface area contributed by atoms with Crippen molar-refractivity contribution in [2.24, 2.45) is 0 Å². The third kappa shape index (κ3) is 64.5. The molecule has 2 heteroatoms. The molecule has 0 saturated carbocycles. The fourth-order valence-electron chi connectivity index (χ4n) is 0. The van der Waals surface area contributed by atoms with Crippen LogP contribution in [0.4, 0.5) is 0 Å². The Kier molecular flexibility index (Phi) is 23.6. The Morgan fingerprint density at radius 3 is 1.75 bits per heavy atom. The Balaban J connectivity index is 0. The van der Waals surface area contributed by atoms with E-state index in [9.17, 15) is 0 Å². The first-order chi connectivity index (χ1) is 1.41. The number of rotatable bonds is 0. The Morgan fingerprint density at radius 1 is 1.75 bits per heavy atom. The van der Waals surface area contributed by atoms with Gasteiger partial charge in [0, 0.05) is 21.1 Å². The van der Waals surface area contributed by atoms with E-state index in [2.05, 4.69) is 6.92 Å². The first-order valence-electron chi connectivity index (χ1n) is 0.644. The van der Waals surface area contributed by atoms with Crippen LogP contribution in [0.3, 0.4) is 0 Å². The molecule has 0 aromatic rings. The smallest absolute Gasteiger partial charge is 0 e. The number of carbonyl (C=O) groups is 1. The molecule has 0 saturated heterocycles. The number of hydrogen-bond acceptors (Lipinski definition) is 1. The topological polar surface area (TPSA) is 17.1 Å². The van der Waals surface area contributed by atoms with E-state index in [4.69, 9.17) is 4.79 Å². The summed E-state index contributed by atoms with van der Waals surface area (Å²) in [7, 11) is 0. The molecular weight excluding hydrogens is 136 g/mol. The van der Waals surface area contributed by atoms with E-state index in [0.717, 1.165) is 0 Å². The Morgan fingerprint density at radius 2 is 1.75 bits per heavy atom. The standard InChI is InChI=1S/C2H3O.Mo/c1-2-3;/h2H,1H2;/q-1;. The van der Waals surface area contributed by atoms with Crippen molar-refractivity contribution in [2.75, 3.05) is 0 Å². The van der Waals surface area contributed by atoms with Crippen LogP contribution >= 0.6 is 0 Å². The van der Waals surface area contributed by atoms with Crippen LogP contribution in [0.2, 0.25) is 0 Å². The summed E-state index contributed by atoms with van der Waals surface area (Å²) >= 11 is 0. The number of aldehydes is 1. The molecule has 0 N–H and O–H groups in total. The maximum atomic E-state index is 8.69. The summed E-state index contributed by atoms with van der Waals surface area (Å²) in [5.41, 5.74) is 0. The molecule has 0 aromatic heterocycles. The van der Waals surface area contributed by atoms with Gasteiger partial charge < -0.3 is 11.7 Å². The molecule has 0 spiro atoms. The molecular formula is C2H3MoO-. The Labute approximate surface area is 39.7 Å². The third-order valence-corrected chi connectivity index (χ3v) is 0. The zero-order valence-electron chi connectivity index (χ0n) is 2.10. The van der Waals surface area contributed by atoms with Gasteiger partial charge >= 0.3 is 0 Å². The second-order valence-electron chi connectivity index (χ2n) is 0.167. The van der Waals surface area contributed by atoms with Crippen LogP contribution in [0, 0.1) is 6.92 Å². The van der Waals surface area contributed by atoms with Gasteiger partial charge in [0.05, 0.1) is 0 Å². The van der Waals surface area contributed by atoms with Gasteiger partial charge in [-0.1, -0.05) is 0 Å². The molecule has 0 bridgehead atoms. The molecule has 4 heavy (non-hydrogen) atoms. The fraction of sp³-hybridized carbons (Fsp3) is 0. The molecule has 0 aliphatic rings. The molecule has 0 aliphatic carbocycles. The van der Waals surface area contributed by atoms with Gasteiger partial charge in [-0.05, 0) is 6.29 Å². The molecule has 0 unspecified atom stereocenters. The normalized spacial score (nSPS) is 3.00. The molecule has 0 heterocycles. The quantitative estimate of drug-likeness (QED) is 0.262. The maximum Gasteiger partial charge on any atom is 0 e. The summed E-state index contributed by atoms with van der Waals surface area (Å²) < 4.78 is 0. The molecule has 0 aliphatic heterocycles. The van der Waals surface area contributed by atoms with Crippen molar-refractivity contribution in [1.29, 1.82) is 0 Å². The third-order valence-electron chi connectivity index (χ3n) is 0. The molecule has 0 atom stereocenters. The van der Waals surface area contributed by atoms with Gasteiger partial charge in [0.15, 0.2) is 0 Å². The molecule has 24 valence electrons. The zero-order chi connectivity index (χ0) is 2.71.